The van der Waals surface area contributed by atoms with Crippen LogP contribution in [-0.4, -0.2) is 5.11 Å². The predicted octanol–water partition coefficient (Wildman–Crippen LogP) is 4.13. The molecular weight excluding hydrogens is 252 g/mol. The van der Waals surface area contributed by atoms with Gasteiger partial charge in [-0.1, -0.05) is 40.2 Å². The van der Waals surface area contributed by atoms with Gasteiger partial charge in [0.05, 0.1) is 0 Å². The summed E-state index contributed by atoms with van der Waals surface area (Å²) < 4.78 is 0.971. The van der Waals surface area contributed by atoms with E-state index in [9.17, 15) is 5.11 Å². The topological polar surface area (TPSA) is 20.2 Å². The first kappa shape index (κ1) is 10.2. The Bertz CT molecular complexity index is 492. The Morgan fingerprint density at radius 2 is 1.73 bits per heavy atom. The lowest BCUT2D eigenvalue weighted by Crippen LogP contribution is -1.83. The molecule has 0 heterocycles. The molecule has 2 rings (SSSR count). The van der Waals surface area contributed by atoms with Crippen LogP contribution in [0.1, 0.15) is 5.56 Å². The average molecular weight is 263 g/mol. The van der Waals surface area contributed by atoms with Crippen molar-refractivity contribution in [1.82, 2.24) is 0 Å². The summed E-state index contributed by atoms with van der Waals surface area (Å²) in [6, 6.07) is 13.5. The molecule has 76 valence electrons. The summed E-state index contributed by atoms with van der Waals surface area (Å²) in [5.41, 5.74) is 3.09. The van der Waals surface area contributed by atoms with E-state index in [0.29, 0.717) is 5.75 Å². The van der Waals surface area contributed by atoms with Gasteiger partial charge in [-0.3, -0.25) is 0 Å². The van der Waals surface area contributed by atoms with Gasteiger partial charge >= 0.3 is 0 Å². The molecule has 0 bridgehead atoms. The number of phenolic OH excluding ortho intramolecular Hbond substituents is 1. The molecule has 0 amide bonds. The van der Waals surface area contributed by atoms with Crippen LogP contribution in [0.5, 0.6) is 5.75 Å². The van der Waals surface area contributed by atoms with Crippen LogP contribution >= 0.6 is 15.9 Å². The molecule has 0 aliphatic carbocycles. The Labute approximate surface area is 97.5 Å². The van der Waals surface area contributed by atoms with Crippen molar-refractivity contribution in [2.75, 3.05) is 0 Å². The minimum Gasteiger partial charge on any atom is -0.507 e. The highest BCUT2D eigenvalue weighted by molar-refractivity contribution is 9.10. The number of aromatic hydroxyl groups is 1. The van der Waals surface area contributed by atoms with Crippen molar-refractivity contribution in [3.05, 3.63) is 52.5 Å². The van der Waals surface area contributed by atoms with E-state index in [1.54, 1.807) is 6.07 Å². The van der Waals surface area contributed by atoms with Gasteiger partial charge in [0.2, 0.25) is 0 Å². The summed E-state index contributed by atoms with van der Waals surface area (Å²) in [7, 11) is 0. The Hall–Kier alpha value is -1.28. The van der Waals surface area contributed by atoms with Gasteiger partial charge in [-0.2, -0.15) is 0 Å². The van der Waals surface area contributed by atoms with Crippen LogP contribution in [0.25, 0.3) is 11.1 Å². The summed E-state index contributed by atoms with van der Waals surface area (Å²) in [6.45, 7) is 2.04. The lowest BCUT2D eigenvalue weighted by Gasteiger charge is -2.08. The third-order valence-corrected chi connectivity index (χ3v) is 2.89. The number of benzene rings is 2. The molecule has 0 aliphatic rings. The van der Waals surface area contributed by atoms with E-state index in [2.05, 4.69) is 15.9 Å². The molecule has 0 saturated heterocycles. The first-order valence-electron chi connectivity index (χ1n) is 4.73. The zero-order valence-electron chi connectivity index (χ0n) is 8.37. The summed E-state index contributed by atoms with van der Waals surface area (Å²) in [5, 5.41) is 9.79. The van der Waals surface area contributed by atoms with E-state index < -0.39 is 0 Å². The van der Waals surface area contributed by atoms with Crippen LogP contribution in [-0.2, 0) is 0 Å². The van der Waals surface area contributed by atoms with E-state index in [0.717, 1.165) is 21.2 Å². The number of rotatable bonds is 1. The van der Waals surface area contributed by atoms with Crippen molar-refractivity contribution in [3.63, 3.8) is 0 Å². The van der Waals surface area contributed by atoms with Gasteiger partial charge in [0.1, 0.15) is 5.75 Å². The highest BCUT2D eigenvalue weighted by Crippen LogP contribution is 2.33. The van der Waals surface area contributed by atoms with Gasteiger partial charge < -0.3 is 5.11 Å². The van der Waals surface area contributed by atoms with Crippen molar-refractivity contribution in [2.24, 2.45) is 0 Å². The molecule has 0 saturated carbocycles. The van der Waals surface area contributed by atoms with Crippen molar-refractivity contribution >= 4 is 15.9 Å². The second kappa shape index (κ2) is 4.07. The van der Waals surface area contributed by atoms with Gasteiger partial charge in [-0.05, 0) is 36.2 Å². The van der Waals surface area contributed by atoms with E-state index in [-0.39, 0.29) is 0 Å². The highest BCUT2D eigenvalue weighted by atomic mass is 79.9. The maximum Gasteiger partial charge on any atom is 0.123 e. The lowest BCUT2D eigenvalue weighted by molar-refractivity contribution is 0.477. The molecule has 2 aromatic carbocycles. The highest BCUT2D eigenvalue weighted by Gasteiger charge is 2.06. The molecule has 0 fully saturated rings. The second-order valence-corrected chi connectivity index (χ2v) is 4.39. The van der Waals surface area contributed by atoms with Gasteiger partial charge in [0.15, 0.2) is 0 Å². The molecule has 1 N–H and O–H groups in total. The Kier molecular flexibility index (Phi) is 2.78. The number of hydrogen-bond acceptors (Lipinski definition) is 1. The molecular formula is C13H11BrO. The summed E-state index contributed by atoms with van der Waals surface area (Å²) in [5.74, 6) is 0.313. The Morgan fingerprint density at radius 1 is 1.00 bits per heavy atom. The molecule has 0 unspecified atom stereocenters. The van der Waals surface area contributed by atoms with E-state index in [1.165, 1.54) is 0 Å². The van der Waals surface area contributed by atoms with E-state index in [4.69, 9.17) is 0 Å². The number of phenols is 1. The van der Waals surface area contributed by atoms with Crippen molar-refractivity contribution < 1.29 is 5.11 Å². The fourth-order valence-corrected chi connectivity index (χ4v) is 1.96. The minimum atomic E-state index is 0.313. The summed E-state index contributed by atoms with van der Waals surface area (Å²) in [6.07, 6.45) is 0. The smallest absolute Gasteiger partial charge is 0.123 e. The van der Waals surface area contributed by atoms with Crippen LogP contribution in [0.15, 0.2) is 46.9 Å². The maximum atomic E-state index is 9.79. The monoisotopic (exact) mass is 262 g/mol. The van der Waals surface area contributed by atoms with Gasteiger partial charge in [0, 0.05) is 10.0 Å². The maximum absolute atomic E-state index is 9.79. The van der Waals surface area contributed by atoms with Gasteiger partial charge in [-0.15, -0.1) is 0 Å². The second-order valence-electron chi connectivity index (χ2n) is 3.48. The largest absolute Gasteiger partial charge is 0.507 e. The molecule has 0 radical (unpaired) electrons. The molecule has 1 nitrogen and oxygen atoms in total. The zero-order chi connectivity index (χ0) is 10.8. The quantitative estimate of drug-likeness (QED) is 0.820. The predicted molar refractivity (Wildman–Crippen MR) is 66.0 cm³/mol. The van der Waals surface area contributed by atoms with Crippen molar-refractivity contribution in [2.45, 2.75) is 6.92 Å². The molecule has 15 heavy (non-hydrogen) atoms. The fraction of sp³-hybridized carbons (Fsp3) is 0.0769. The third-order valence-electron chi connectivity index (χ3n) is 2.39. The summed E-state index contributed by atoms with van der Waals surface area (Å²) in [4.78, 5) is 0. The zero-order valence-corrected chi connectivity index (χ0v) is 9.95. The molecule has 0 aromatic heterocycles. The van der Waals surface area contributed by atoms with E-state index >= 15 is 0 Å². The molecule has 0 atom stereocenters. The number of hydrogen-bond donors (Lipinski definition) is 1. The Morgan fingerprint density at radius 3 is 2.47 bits per heavy atom. The fourth-order valence-electron chi connectivity index (χ4n) is 1.60. The number of aryl methyl sites for hydroxylation is 1. The summed E-state index contributed by atoms with van der Waals surface area (Å²) >= 11 is 3.41. The van der Waals surface area contributed by atoms with Crippen molar-refractivity contribution in [3.8, 4) is 16.9 Å². The molecule has 0 aliphatic heterocycles. The first-order valence-corrected chi connectivity index (χ1v) is 5.52. The lowest BCUT2D eigenvalue weighted by atomic mass is 10.00. The normalized spacial score (nSPS) is 10.3. The molecule has 0 spiro atoms. The van der Waals surface area contributed by atoms with Crippen molar-refractivity contribution in [1.29, 1.82) is 0 Å². The molecule has 2 aromatic rings. The standard InChI is InChI=1S/C13H11BrO/c1-9-4-2-3-5-11(9)12-8-10(14)6-7-13(12)15/h2-8,15H,1H3. The number of halogens is 1. The molecule has 2 heteroatoms. The minimum absolute atomic E-state index is 0.313. The van der Waals surface area contributed by atoms with Crippen LogP contribution in [0, 0.1) is 6.92 Å². The first-order chi connectivity index (χ1) is 7.18. The average Bonchev–Trinajstić information content (AvgIpc) is 2.23. The third kappa shape index (κ3) is 2.05. The van der Waals surface area contributed by atoms with Crippen LogP contribution in [0.2, 0.25) is 0 Å². The van der Waals surface area contributed by atoms with Crippen LogP contribution in [0.3, 0.4) is 0 Å². The van der Waals surface area contributed by atoms with Crippen LogP contribution < -0.4 is 0 Å². The Balaban J connectivity index is 2.64. The SMILES string of the molecule is Cc1ccccc1-c1cc(Br)ccc1O. The van der Waals surface area contributed by atoms with Gasteiger partial charge in [0.25, 0.3) is 0 Å². The van der Waals surface area contributed by atoms with E-state index in [1.807, 2.05) is 43.3 Å². The van der Waals surface area contributed by atoms with Crippen LogP contribution in [0.4, 0.5) is 0 Å². The van der Waals surface area contributed by atoms with Gasteiger partial charge in [-0.25, -0.2) is 0 Å².